The molecule has 5 rings (SSSR count). The van der Waals surface area contributed by atoms with E-state index in [0.29, 0.717) is 0 Å². The van der Waals surface area contributed by atoms with Gasteiger partial charge in [-0.15, -0.1) is 11.3 Å². The number of hydrogen-bond acceptors (Lipinski definition) is 3. The molecule has 0 saturated carbocycles. The number of benzene rings is 3. The summed E-state index contributed by atoms with van der Waals surface area (Å²) in [5.74, 6) is 0. The Hall–Kier alpha value is -2.75. The lowest BCUT2D eigenvalue weighted by atomic mass is 10.0. The molecule has 124 valence electrons. The van der Waals surface area contributed by atoms with Gasteiger partial charge in [-0.05, 0) is 34.9 Å². The van der Waals surface area contributed by atoms with Gasteiger partial charge in [-0.25, -0.2) is 9.97 Å². The number of thiophene rings is 1. The molecule has 0 aliphatic heterocycles. The fourth-order valence-corrected chi connectivity index (χ4v) is 4.52. The molecule has 0 atom stereocenters. The minimum atomic E-state index is 0.279. The van der Waals surface area contributed by atoms with E-state index in [4.69, 9.17) is 11.6 Å². The molecule has 0 spiro atoms. The predicted molar refractivity (Wildman–Crippen MR) is 111 cm³/mol. The molecule has 4 heteroatoms. The largest absolute Gasteiger partial charge is 0.223 e. The van der Waals surface area contributed by atoms with Crippen LogP contribution in [-0.4, -0.2) is 9.97 Å². The maximum atomic E-state index is 6.27. The lowest BCUT2D eigenvalue weighted by Gasteiger charge is -2.03. The van der Waals surface area contributed by atoms with Crippen LogP contribution in [0.1, 0.15) is 0 Å². The average molecular weight is 373 g/mol. The van der Waals surface area contributed by atoms with Crippen LogP contribution >= 0.6 is 22.9 Å². The van der Waals surface area contributed by atoms with E-state index in [1.807, 2.05) is 24.3 Å². The summed E-state index contributed by atoms with van der Waals surface area (Å²) in [6, 6.07) is 27.0. The zero-order valence-corrected chi connectivity index (χ0v) is 15.3. The van der Waals surface area contributed by atoms with Crippen molar-refractivity contribution in [1.82, 2.24) is 9.97 Å². The van der Waals surface area contributed by atoms with E-state index >= 15 is 0 Å². The summed E-state index contributed by atoms with van der Waals surface area (Å²) in [5.41, 5.74) is 5.23. The average Bonchev–Trinajstić information content (AvgIpc) is 3.06. The Balaban J connectivity index is 1.81. The second kappa shape index (κ2) is 6.20. The number of rotatable bonds is 2. The Morgan fingerprint density at radius 1 is 0.692 bits per heavy atom. The van der Waals surface area contributed by atoms with Gasteiger partial charge in [0.1, 0.15) is 0 Å². The third-order valence-corrected chi connectivity index (χ3v) is 5.78. The van der Waals surface area contributed by atoms with Crippen LogP contribution in [0.5, 0.6) is 0 Å². The van der Waals surface area contributed by atoms with E-state index in [-0.39, 0.29) is 5.28 Å². The molecule has 0 bridgehead atoms. The standard InChI is InChI=1S/C22H13ClN2S/c23-22-24-19(15-9-5-2-6-10-15)21-20(25-22)17-13-16(11-12-18(17)26-21)14-7-3-1-4-8-14/h1-13H. The topological polar surface area (TPSA) is 25.8 Å². The van der Waals surface area contributed by atoms with Crippen LogP contribution in [0.3, 0.4) is 0 Å². The molecule has 3 aromatic carbocycles. The molecule has 0 unspecified atom stereocenters. The zero-order valence-electron chi connectivity index (χ0n) is 13.7. The van der Waals surface area contributed by atoms with E-state index in [9.17, 15) is 0 Å². The number of nitrogens with zero attached hydrogens (tertiary/aromatic N) is 2. The van der Waals surface area contributed by atoms with E-state index in [2.05, 4.69) is 64.6 Å². The lowest BCUT2D eigenvalue weighted by molar-refractivity contribution is 1.24. The van der Waals surface area contributed by atoms with Crippen LogP contribution in [0.4, 0.5) is 0 Å². The van der Waals surface area contributed by atoms with Gasteiger partial charge in [0, 0.05) is 15.6 Å². The minimum absolute atomic E-state index is 0.279. The SMILES string of the molecule is Clc1nc(-c2ccccc2)c2sc3ccc(-c4ccccc4)cc3c2n1. The molecule has 0 amide bonds. The summed E-state index contributed by atoms with van der Waals surface area (Å²) in [7, 11) is 0. The molecule has 2 nitrogen and oxygen atoms in total. The van der Waals surface area contributed by atoms with Crippen molar-refractivity contribution < 1.29 is 0 Å². The van der Waals surface area contributed by atoms with Crippen molar-refractivity contribution in [3.8, 4) is 22.4 Å². The maximum Gasteiger partial charge on any atom is 0.223 e. The Bertz CT molecular complexity index is 1230. The molecule has 0 saturated heterocycles. The number of fused-ring (bicyclic) bond motifs is 3. The highest BCUT2D eigenvalue weighted by Gasteiger charge is 2.15. The zero-order chi connectivity index (χ0) is 17.5. The highest BCUT2D eigenvalue weighted by atomic mass is 35.5. The fraction of sp³-hybridized carbons (Fsp3) is 0. The van der Waals surface area contributed by atoms with Gasteiger partial charge in [-0.2, -0.15) is 0 Å². The second-order valence-corrected chi connectivity index (χ2v) is 7.45. The molecule has 2 heterocycles. The predicted octanol–water partition coefficient (Wildman–Crippen LogP) is 6.83. The van der Waals surface area contributed by atoms with E-state index in [1.54, 1.807) is 11.3 Å². The Morgan fingerprint density at radius 3 is 2.12 bits per heavy atom. The first-order valence-electron chi connectivity index (χ1n) is 8.30. The molecule has 0 N–H and O–H groups in total. The van der Waals surface area contributed by atoms with Gasteiger partial charge in [-0.3, -0.25) is 0 Å². The van der Waals surface area contributed by atoms with Crippen LogP contribution in [0.2, 0.25) is 5.28 Å². The first kappa shape index (κ1) is 15.5. The van der Waals surface area contributed by atoms with Gasteiger partial charge in [0.25, 0.3) is 0 Å². The quantitative estimate of drug-likeness (QED) is 0.317. The Kier molecular flexibility index (Phi) is 3.70. The van der Waals surface area contributed by atoms with Gasteiger partial charge in [0.2, 0.25) is 5.28 Å². The highest BCUT2D eigenvalue weighted by Crippen LogP contribution is 2.40. The number of hydrogen-bond donors (Lipinski definition) is 0. The molecule has 2 aromatic heterocycles. The van der Waals surface area contributed by atoms with Crippen molar-refractivity contribution in [3.63, 3.8) is 0 Å². The normalized spacial score (nSPS) is 11.3. The third-order valence-electron chi connectivity index (χ3n) is 4.44. The van der Waals surface area contributed by atoms with E-state index in [1.165, 1.54) is 15.8 Å². The first-order chi connectivity index (χ1) is 12.8. The Labute approximate surface area is 159 Å². The van der Waals surface area contributed by atoms with Crippen LogP contribution in [-0.2, 0) is 0 Å². The van der Waals surface area contributed by atoms with Crippen LogP contribution in [0.25, 0.3) is 42.7 Å². The number of halogens is 1. The molecular weight excluding hydrogens is 360 g/mol. The van der Waals surface area contributed by atoms with Gasteiger partial charge < -0.3 is 0 Å². The molecule has 0 aliphatic carbocycles. The molecular formula is C22H13ClN2S. The van der Waals surface area contributed by atoms with E-state index < -0.39 is 0 Å². The summed E-state index contributed by atoms with van der Waals surface area (Å²) >= 11 is 7.98. The first-order valence-corrected chi connectivity index (χ1v) is 9.50. The van der Waals surface area contributed by atoms with Gasteiger partial charge in [-0.1, -0.05) is 66.7 Å². The Morgan fingerprint density at radius 2 is 1.38 bits per heavy atom. The summed E-state index contributed by atoms with van der Waals surface area (Å²) in [4.78, 5) is 9.06. The minimum Gasteiger partial charge on any atom is -0.216 e. The van der Waals surface area contributed by atoms with Crippen molar-refractivity contribution in [2.45, 2.75) is 0 Å². The van der Waals surface area contributed by atoms with Crippen LogP contribution in [0, 0.1) is 0 Å². The maximum absolute atomic E-state index is 6.27. The lowest BCUT2D eigenvalue weighted by Crippen LogP contribution is -1.88. The summed E-state index contributed by atoms with van der Waals surface area (Å²) in [5, 5.41) is 1.40. The smallest absolute Gasteiger partial charge is 0.216 e. The fourth-order valence-electron chi connectivity index (χ4n) is 3.22. The molecule has 5 aromatic rings. The second-order valence-electron chi connectivity index (χ2n) is 6.06. The molecule has 26 heavy (non-hydrogen) atoms. The van der Waals surface area contributed by atoms with Gasteiger partial charge in [0.15, 0.2) is 0 Å². The van der Waals surface area contributed by atoms with Crippen LogP contribution in [0.15, 0.2) is 78.9 Å². The van der Waals surface area contributed by atoms with Crippen molar-refractivity contribution in [2.75, 3.05) is 0 Å². The summed E-state index contributed by atoms with van der Waals surface area (Å²) in [6.07, 6.45) is 0. The summed E-state index contributed by atoms with van der Waals surface area (Å²) < 4.78 is 2.26. The molecule has 0 fully saturated rings. The summed E-state index contributed by atoms with van der Waals surface area (Å²) in [6.45, 7) is 0. The van der Waals surface area contributed by atoms with Gasteiger partial charge >= 0.3 is 0 Å². The molecule has 0 aliphatic rings. The van der Waals surface area contributed by atoms with Crippen molar-refractivity contribution in [3.05, 3.63) is 84.1 Å². The monoisotopic (exact) mass is 372 g/mol. The highest BCUT2D eigenvalue weighted by molar-refractivity contribution is 7.26. The van der Waals surface area contributed by atoms with Crippen molar-refractivity contribution >= 4 is 43.2 Å². The van der Waals surface area contributed by atoms with Crippen molar-refractivity contribution in [1.29, 1.82) is 0 Å². The third kappa shape index (κ3) is 2.57. The van der Waals surface area contributed by atoms with Gasteiger partial charge in [0.05, 0.1) is 15.9 Å². The van der Waals surface area contributed by atoms with Crippen LogP contribution < -0.4 is 0 Å². The van der Waals surface area contributed by atoms with E-state index in [0.717, 1.165) is 26.9 Å². The number of aromatic nitrogens is 2. The van der Waals surface area contributed by atoms with Crippen molar-refractivity contribution in [2.24, 2.45) is 0 Å². The molecule has 0 radical (unpaired) electrons.